The van der Waals surface area contributed by atoms with Gasteiger partial charge in [-0.25, -0.2) is 0 Å². The molecule has 0 amide bonds. The maximum absolute atomic E-state index is 12.3. The van der Waals surface area contributed by atoms with E-state index in [0.717, 1.165) is 10.0 Å². The van der Waals surface area contributed by atoms with E-state index in [1.165, 1.54) is 18.2 Å². The van der Waals surface area contributed by atoms with Gasteiger partial charge in [0.15, 0.2) is 0 Å². The van der Waals surface area contributed by atoms with Crippen molar-refractivity contribution in [1.29, 1.82) is 0 Å². The molecule has 0 heterocycles. The van der Waals surface area contributed by atoms with Gasteiger partial charge in [0.2, 0.25) is 0 Å². The Morgan fingerprint density at radius 1 is 1.04 bits per heavy atom. The first-order valence-electron chi connectivity index (χ1n) is 6.83. The van der Waals surface area contributed by atoms with Crippen LogP contribution in [0.25, 0.3) is 0 Å². The van der Waals surface area contributed by atoms with Crippen LogP contribution in [0.1, 0.15) is 11.1 Å². The molecule has 0 radical (unpaired) electrons. The van der Waals surface area contributed by atoms with Gasteiger partial charge in [0.25, 0.3) is 0 Å². The molecule has 0 aliphatic rings. The normalized spacial score (nSPS) is 11.3. The number of rotatable bonds is 6. The number of ether oxygens (including phenoxy) is 2. The van der Waals surface area contributed by atoms with Crippen molar-refractivity contribution in [2.45, 2.75) is 19.4 Å². The van der Waals surface area contributed by atoms with E-state index in [9.17, 15) is 13.2 Å². The number of hydrogen-bond acceptors (Lipinski definition) is 3. The van der Waals surface area contributed by atoms with Crippen molar-refractivity contribution < 1.29 is 22.6 Å². The molecule has 2 aromatic carbocycles. The third kappa shape index (κ3) is 5.76. The van der Waals surface area contributed by atoms with Crippen molar-refractivity contribution in [3.8, 4) is 11.5 Å². The predicted molar refractivity (Wildman–Crippen MR) is 84.4 cm³/mol. The van der Waals surface area contributed by atoms with Gasteiger partial charge in [0, 0.05) is 4.47 Å². The van der Waals surface area contributed by atoms with Crippen LogP contribution in [0.5, 0.6) is 11.5 Å². The van der Waals surface area contributed by atoms with Crippen LogP contribution in [0.4, 0.5) is 13.2 Å². The summed E-state index contributed by atoms with van der Waals surface area (Å²) in [4.78, 5) is 0. The molecule has 0 aliphatic heterocycles. The first kappa shape index (κ1) is 17.6. The third-order valence-electron chi connectivity index (χ3n) is 2.99. The first-order chi connectivity index (χ1) is 10.9. The monoisotopic (exact) mass is 389 g/mol. The molecule has 23 heavy (non-hydrogen) atoms. The van der Waals surface area contributed by atoms with E-state index < -0.39 is 6.36 Å². The first-order valence-corrected chi connectivity index (χ1v) is 7.62. The molecule has 2 aromatic rings. The van der Waals surface area contributed by atoms with Crippen molar-refractivity contribution in [2.24, 2.45) is 5.73 Å². The third-order valence-corrected chi connectivity index (χ3v) is 3.52. The average Bonchev–Trinajstić information content (AvgIpc) is 2.47. The molecule has 124 valence electrons. The van der Waals surface area contributed by atoms with Gasteiger partial charge in [-0.3, -0.25) is 0 Å². The Balaban J connectivity index is 2.12. The van der Waals surface area contributed by atoms with Gasteiger partial charge in [-0.2, -0.15) is 0 Å². The standard InChI is InChI=1S/C16H15BrF3NO2/c17-13-3-1-11(2-4-13)10-22-15-6-5-14(23-16(18,19)20)9-12(15)7-8-21/h1-6,9H,7-8,10,21H2. The lowest BCUT2D eigenvalue weighted by Crippen LogP contribution is -2.17. The summed E-state index contributed by atoms with van der Waals surface area (Å²) in [6.45, 7) is 0.606. The van der Waals surface area contributed by atoms with Gasteiger partial charge >= 0.3 is 6.36 Å². The SMILES string of the molecule is NCCc1cc(OC(F)(F)F)ccc1OCc1ccc(Br)cc1. The predicted octanol–water partition coefficient (Wildman–Crippen LogP) is 4.43. The topological polar surface area (TPSA) is 44.5 Å². The van der Waals surface area contributed by atoms with E-state index in [1.807, 2.05) is 24.3 Å². The van der Waals surface area contributed by atoms with Crippen LogP contribution in [-0.2, 0) is 13.0 Å². The summed E-state index contributed by atoms with van der Waals surface area (Å²) in [6, 6.07) is 11.6. The molecule has 0 aromatic heterocycles. The number of halogens is 4. The number of benzene rings is 2. The van der Waals surface area contributed by atoms with E-state index in [0.29, 0.717) is 30.9 Å². The van der Waals surface area contributed by atoms with Gasteiger partial charge in [0.05, 0.1) is 0 Å². The Hall–Kier alpha value is -1.73. The smallest absolute Gasteiger partial charge is 0.489 e. The number of nitrogens with two attached hydrogens (primary N) is 1. The lowest BCUT2D eigenvalue weighted by Gasteiger charge is -2.14. The van der Waals surface area contributed by atoms with Crippen LogP contribution in [0.3, 0.4) is 0 Å². The van der Waals surface area contributed by atoms with Crippen molar-refractivity contribution in [3.63, 3.8) is 0 Å². The molecule has 0 fully saturated rings. The van der Waals surface area contributed by atoms with E-state index in [1.54, 1.807) is 0 Å². The lowest BCUT2D eigenvalue weighted by molar-refractivity contribution is -0.274. The summed E-state index contributed by atoms with van der Waals surface area (Å²) in [6.07, 6.45) is -4.33. The van der Waals surface area contributed by atoms with Gasteiger partial charge in [-0.05, 0) is 54.4 Å². The number of alkyl halides is 3. The van der Waals surface area contributed by atoms with Crippen molar-refractivity contribution in [1.82, 2.24) is 0 Å². The lowest BCUT2D eigenvalue weighted by atomic mass is 10.1. The Bertz CT molecular complexity index is 645. The Morgan fingerprint density at radius 2 is 1.74 bits per heavy atom. The summed E-state index contributed by atoms with van der Waals surface area (Å²) < 4.78 is 47.4. The van der Waals surface area contributed by atoms with E-state index in [4.69, 9.17) is 10.5 Å². The molecule has 0 atom stereocenters. The minimum Gasteiger partial charge on any atom is -0.489 e. The van der Waals surface area contributed by atoms with Crippen LogP contribution in [-0.4, -0.2) is 12.9 Å². The Morgan fingerprint density at radius 3 is 2.35 bits per heavy atom. The number of hydrogen-bond donors (Lipinski definition) is 1. The zero-order chi connectivity index (χ0) is 16.9. The van der Waals surface area contributed by atoms with E-state index in [2.05, 4.69) is 20.7 Å². The van der Waals surface area contributed by atoms with Crippen LogP contribution < -0.4 is 15.2 Å². The Labute approximate surface area is 140 Å². The fraction of sp³-hybridized carbons (Fsp3) is 0.250. The molecule has 3 nitrogen and oxygen atoms in total. The Kier molecular flexibility index (Phi) is 5.90. The van der Waals surface area contributed by atoms with Crippen LogP contribution in [0, 0.1) is 0 Å². The van der Waals surface area contributed by atoms with Crippen molar-refractivity contribution in [3.05, 3.63) is 58.1 Å². The fourth-order valence-corrected chi connectivity index (χ4v) is 2.25. The molecule has 0 aliphatic carbocycles. The highest BCUT2D eigenvalue weighted by atomic mass is 79.9. The highest BCUT2D eigenvalue weighted by Gasteiger charge is 2.31. The summed E-state index contributed by atoms with van der Waals surface area (Å²) in [5, 5.41) is 0. The molecular formula is C16H15BrF3NO2. The molecule has 2 N–H and O–H groups in total. The fourth-order valence-electron chi connectivity index (χ4n) is 1.99. The van der Waals surface area contributed by atoms with Gasteiger partial charge in [-0.1, -0.05) is 28.1 Å². The van der Waals surface area contributed by atoms with Crippen LogP contribution >= 0.6 is 15.9 Å². The van der Waals surface area contributed by atoms with Gasteiger partial charge in [-0.15, -0.1) is 13.2 Å². The zero-order valence-corrected chi connectivity index (χ0v) is 13.7. The molecule has 0 bridgehead atoms. The quantitative estimate of drug-likeness (QED) is 0.794. The van der Waals surface area contributed by atoms with Crippen molar-refractivity contribution in [2.75, 3.05) is 6.54 Å². The maximum Gasteiger partial charge on any atom is 0.573 e. The minimum absolute atomic E-state index is 0.281. The van der Waals surface area contributed by atoms with Gasteiger partial charge < -0.3 is 15.2 Å². The largest absolute Gasteiger partial charge is 0.573 e. The second-order valence-corrected chi connectivity index (χ2v) is 5.69. The van der Waals surface area contributed by atoms with E-state index >= 15 is 0 Å². The second kappa shape index (κ2) is 7.70. The van der Waals surface area contributed by atoms with Crippen LogP contribution in [0.15, 0.2) is 46.9 Å². The summed E-state index contributed by atoms with van der Waals surface area (Å²) in [7, 11) is 0. The summed E-state index contributed by atoms with van der Waals surface area (Å²) >= 11 is 3.34. The zero-order valence-electron chi connectivity index (χ0n) is 12.1. The van der Waals surface area contributed by atoms with Crippen LogP contribution in [0.2, 0.25) is 0 Å². The molecule has 0 spiro atoms. The summed E-state index contributed by atoms with van der Waals surface area (Å²) in [5.74, 6) is 0.213. The molecule has 0 saturated carbocycles. The maximum atomic E-state index is 12.3. The molecular weight excluding hydrogens is 375 g/mol. The average molecular weight is 390 g/mol. The van der Waals surface area contributed by atoms with Crippen molar-refractivity contribution >= 4 is 15.9 Å². The van der Waals surface area contributed by atoms with E-state index in [-0.39, 0.29) is 5.75 Å². The van der Waals surface area contributed by atoms with Gasteiger partial charge in [0.1, 0.15) is 18.1 Å². The molecule has 0 saturated heterocycles. The highest BCUT2D eigenvalue weighted by molar-refractivity contribution is 9.10. The molecule has 7 heteroatoms. The second-order valence-electron chi connectivity index (χ2n) is 4.77. The highest BCUT2D eigenvalue weighted by Crippen LogP contribution is 2.29. The minimum atomic E-state index is -4.72. The summed E-state index contributed by atoms with van der Waals surface area (Å²) in [5.41, 5.74) is 7.03. The molecule has 2 rings (SSSR count). The molecule has 0 unspecified atom stereocenters.